The fourth-order valence-electron chi connectivity index (χ4n) is 2.53. The third-order valence-corrected chi connectivity index (χ3v) is 3.87. The number of aromatic nitrogens is 3. The number of carbonyl (C=O) groups is 1. The van der Waals surface area contributed by atoms with Crippen LogP contribution in [0, 0.1) is 6.92 Å². The van der Waals surface area contributed by atoms with E-state index in [-0.39, 0.29) is 0 Å². The predicted molar refractivity (Wildman–Crippen MR) is 69.3 cm³/mol. The Hall–Kier alpha value is -2.17. The van der Waals surface area contributed by atoms with Crippen molar-refractivity contribution >= 4 is 5.97 Å². The van der Waals surface area contributed by atoms with E-state index in [0.29, 0.717) is 0 Å². The third kappa shape index (κ3) is 1.82. The van der Waals surface area contributed by atoms with Crippen molar-refractivity contribution in [3.8, 4) is 5.69 Å². The van der Waals surface area contributed by atoms with Crippen molar-refractivity contribution in [1.82, 2.24) is 15.0 Å². The summed E-state index contributed by atoms with van der Waals surface area (Å²) in [5.74, 6) is -0.723. The van der Waals surface area contributed by atoms with E-state index in [1.807, 2.05) is 31.2 Å². The molecule has 0 bridgehead atoms. The molecule has 1 N–H and O–H groups in total. The zero-order valence-electron chi connectivity index (χ0n) is 10.7. The molecular weight excluding hydrogens is 242 g/mol. The summed E-state index contributed by atoms with van der Waals surface area (Å²) in [5, 5.41) is 17.8. The minimum atomic E-state index is -0.723. The number of benzene rings is 1. The maximum Gasteiger partial charge on any atom is 0.314 e. The molecule has 0 amide bonds. The van der Waals surface area contributed by atoms with E-state index in [2.05, 4.69) is 10.2 Å². The highest BCUT2D eigenvalue weighted by Gasteiger charge is 2.45. The molecule has 1 aromatic carbocycles. The van der Waals surface area contributed by atoms with Crippen LogP contribution in [0.4, 0.5) is 0 Å². The molecule has 2 aromatic rings. The number of carboxylic acids is 1. The number of hydrogen-bond donors (Lipinski definition) is 1. The van der Waals surface area contributed by atoms with Crippen molar-refractivity contribution in [2.45, 2.75) is 31.6 Å². The summed E-state index contributed by atoms with van der Waals surface area (Å²) in [6, 6.07) is 7.50. The van der Waals surface area contributed by atoms with E-state index < -0.39 is 11.4 Å². The number of hydrogen-bond acceptors (Lipinski definition) is 3. The van der Waals surface area contributed by atoms with Crippen LogP contribution in [0.1, 0.15) is 30.5 Å². The maximum atomic E-state index is 11.4. The summed E-state index contributed by atoms with van der Waals surface area (Å²) in [7, 11) is 0. The van der Waals surface area contributed by atoms with Crippen LogP contribution in [-0.2, 0) is 10.2 Å². The Morgan fingerprint density at radius 2 is 2.00 bits per heavy atom. The Bertz CT molecular complexity index is 612. The molecule has 1 saturated carbocycles. The lowest BCUT2D eigenvalue weighted by Crippen LogP contribution is -2.42. The van der Waals surface area contributed by atoms with E-state index in [1.165, 1.54) is 0 Å². The van der Waals surface area contributed by atoms with Crippen LogP contribution in [0.3, 0.4) is 0 Å². The number of aliphatic carboxylic acids is 1. The van der Waals surface area contributed by atoms with Gasteiger partial charge in [0.05, 0.1) is 23.0 Å². The van der Waals surface area contributed by atoms with Gasteiger partial charge in [-0.25, -0.2) is 0 Å². The maximum absolute atomic E-state index is 11.4. The van der Waals surface area contributed by atoms with Crippen LogP contribution in [-0.4, -0.2) is 26.1 Å². The summed E-state index contributed by atoms with van der Waals surface area (Å²) < 4.78 is 0. The van der Waals surface area contributed by atoms with Crippen molar-refractivity contribution in [2.24, 2.45) is 0 Å². The zero-order valence-corrected chi connectivity index (χ0v) is 10.7. The molecule has 0 unspecified atom stereocenters. The number of carboxylic acid groups (broad SMARTS) is 1. The number of aryl methyl sites for hydroxylation is 1. The first kappa shape index (κ1) is 11.9. The van der Waals surface area contributed by atoms with Crippen molar-refractivity contribution in [1.29, 1.82) is 0 Å². The lowest BCUT2D eigenvalue weighted by Gasteiger charge is -2.38. The molecule has 1 fully saturated rings. The molecule has 1 heterocycles. The van der Waals surface area contributed by atoms with Gasteiger partial charge in [-0.1, -0.05) is 18.6 Å². The standard InChI is InChI=1S/C14H15N3O2/c1-10-9-15-17(16-10)12-5-3-11(4-6-12)14(13(18)19)7-2-8-14/h3-6,9H,2,7-8H2,1H3,(H,18,19). The largest absolute Gasteiger partial charge is 0.481 e. The van der Waals surface area contributed by atoms with Gasteiger partial charge in [0.15, 0.2) is 0 Å². The summed E-state index contributed by atoms with van der Waals surface area (Å²) >= 11 is 0. The quantitative estimate of drug-likeness (QED) is 0.914. The van der Waals surface area contributed by atoms with Crippen LogP contribution < -0.4 is 0 Å². The Morgan fingerprint density at radius 3 is 2.42 bits per heavy atom. The summed E-state index contributed by atoms with van der Waals surface area (Å²) in [6.07, 6.45) is 4.12. The van der Waals surface area contributed by atoms with Gasteiger partial charge in [0.1, 0.15) is 0 Å². The number of rotatable bonds is 3. The monoisotopic (exact) mass is 257 g/mol. The fourth-order valence-corrected chi connectivity index (χ4v) is 2.53. The Morgan fingerprint density at radius 1 is 1.32 bits per heavy atom. The van der Waals surface area contributed by atoms with Gasteiger partial charge in [-0.15, -0.1) is 0 Å². The Balaban J connectivity index is 1.93. The van der Waals surface area contributed by atoms with E-state index in [4.69, 9.17) is 0 Å². The van der Waals surface area contributed by atoms with Crippen LogP contribution in [0.2, 0.25) is 0 Å². The first-order chi connectivity index (χ1) is 9.12. The molecule has 1 aliphatic rings. The second-order valence-corrected chi connectivity index (χ2v) is 5.06. The van der Waals surface area contributed by atoms with E-state index in [9.17, 15) is 9.90 Å². The molecular formula is C14H15N3O2. The summed E-state index contributed by atoms with van der Waals surface area (Å²) in [5.41, 5.74) is 1.90. The fraction of sp³-hybridized carbons (Fsp3) is 0.357. The van der Waals surface area contributed by atoms with Crippen LogP contribution >= 0.6 is 0 Å². The van der Waals surface area contributed by atoms with Gasteiger partial charge in [0.25, 0.3) is 0 Å². The molecule has 1 aromatic heterocycles. The lowest BCUT2D eigenvalue weighted by molar-refractivity contribution is -0.147. The first-order valence-electron chi connectivity index (χ1n) is 6.35. The zero-order chi connectivity index (χ0) is 13.5. The molecule has 1 aliphatic carbocycles. The van der Waals surface area contributed by atoms with Gasteiger partial charge in [-0.05, 0) is 37.5 Å². The van der Waals surface area contributed by atoms with E-state index in [1.54, 1.807) is 11.0 Å². The summed E-state index contributed by atoms with van der Waals surface area (Å²) in [6.45, 7) is 1.88. The molecule has 0 atom stereocenters. The van der Waals surface area contributed by atoms with Crippen molar-refractivity contribution in [3.05, 3.63) is 41.7 Å². The topological polar surface area (TPSA) is 68.0 Å². The average Bonchev–Trinajstić information content (AvgIpc) is 2.75. The van der Waals surface area contributed by atoms with Crippen molar-refractivity contribution in [3.63, 3.8) is 0 Å². The highest BCUT2D eigenvalue weighted by Crippen LogP contribution is 2.44. The molecule has 0 aliphatic heterocycles. The van der Waals surface area contributed by atoms with Gasteiger partial charge < -0.3 is 5.11 Å². The predicted octanol–water partition coefficient (Wildman–Crippen LogP) is 2.08. The van der Waals surface area contributed by atoms with Crippen LogP contribution in [0.25, 0.3) is 5.69 Å². The van der Waals surface area contributed by atoms with Crippen LogP contribution in [0.5, 0.6) is 0 Å². The SMILES string of the molecule is Cc1cnn(-c2ccc(C3(C(=O)O)CCC3)cc2)n1. The highest BCUT2D eigenvalue weighted by atomic mass is 16.4. The number of nitrogens with zero attached hydrogens (tertiary/aromatic N) is 3. The van der Waals surface area contributed by atoms with E-state index in [0.717, 1.165) is 36.2 Å². The molecule has 0 radical (unpaired) electrons. The lowest BCUT2D eigenvalue weighted by atomic mass is 9.64. The molecule has 0 spiro atoms. The first-order valence-corrected chi connectivity index (χ1v) is 6.35. The second-order valence-electron chi connectivity index (χ2n) is 5.06. The minimum absolute atomic E-state index is 0.675. The third-order valence-electron chi connectivity index (χ3n) is 3.87. The van der Waals surface area contributed by atoms with Gasteiger partial charge in [0.2, 0.25) is 0 Å². The molecule has 98 valence electrons. The van der Waals surface area contributed by atoms with Gasteiger partial charge in [-0.3, -0.25) is 4.79 Å². The highest BCUT2D eigenvalue weighted by molar-refractivity contribution is 5.82. The van der Waals surface area contributed by atoms with Gasteiger partial charge in [-0.2, -0.15) is 15.0 Å². The van der Waals surface area contributed by atoms with E-state index >= 15 is 0 Å². The smallest absolute Gasteiger partial charge is 0.314 e. The Labute approximate surface area is 110 Å². The normalized spacial score (nSPS) is 16.9. The molecule has 19 heavy (non-hydrogen) atoms. The van der Waals surface area contributed by atoms with Gasteiger partial charge in [0, 0.05) is 0 Å². The molecule has 5 nitrogen and oxygen atoms in total. The molecule has 5 heteroatoms. The average molecular weight is 257 g/mol. The Kier molecular flexibility index (Phi) is 2.62. The molecule has 0 saturated heterocycles. The van der Waals surface area contributed by atoms with Crippen molar-refractivity contribution < 1.29 is 9.90 Å². The van der Waals surface area contributed by atoms with Crippen molar-refractivity contribution in [2.75, 3.05) is 0 Å². The summed E-state index contributed by atoms with van der Waals surface area (Å²) in [4.78, 5) is 13.0. The van der Waals surface area contributed by atoms with Gasteiger partial charge >= 0.3 is 5.97 Å². The minimum Gasteiger partial charge on any atom is -0.481 e. The molecule has 3 rings (SSSR count). The second kappa shape index (κ2) is 4.19. The van der Waals surface area contributed by atoms with Crippen LogP contribution in [0.15, 0.2) is 30.5 Å².